The Hall–Kier alpha value is -0.950. The molecule has 21 heavy (non-hydrogen) atoms. The number of sulfonamides is 1. The number of nitrogens with one attached hydrogen (secondary N) is 1. The first-order valence-electron chi connectivity index (χ1n) is 7.59. The van der Waals surface area contributed by atoms with E-state index >= 15 is 0 Å². The van der Waals surface area contributed by atoms with Gasteiger partial charge in [-0.25, -0.2) is 13.1 Å². The van der Waals surface area contributed by atoms with E-state index in [-0.39, 0.29) is 12.6 Å². The van der Waals surface area contributed by atoms with Gasteiger partial charge in [0.15, 0.2) is 0 Å². The molecule has 0 aliphatic carbocycles. The van der Waals surface area contributed by atoms with Crippen molar-refractivity contribution in [2.75, 3.05) is 19.6 Å². The van der Waals surface area contributed by atoms with Crippen molar-refractivity contribution in [3.05, 3.63) is 29.8 Å². The van der Waals surface area contributed by atoms with Crippen LogP contribution in [0.4, 0.5) is 0 Å². The molecule has 0 atom stereocenters. The summed E-state index contributed by atoms with van der Waals surface area (Å²) in [4.78, 5) is 2.70. The van der Waals surface area contributed by atoms with E-state index < -0.39 is 10.0 Å². The van der Waals surface area contributed by atoms with Crippen molar-refractivity contribution in [2.45, 2.75) is 43.7 Å². The van der Waals surface area contributed by atoms with Gasteiger partial charge in [-0.1, -0.05) is 25.1 Å². The second-order valence-corrected chi connectivity index (χ2v) is 7.23. The minimum absolute atomic E-state index is 0.0222. The first-order valence-corrected chi connectivity index (χ1v) is 9.07. The third-order valence-electron chi connectivity index (χ3n) is 3.93. The zero-order chi connectivity index (χ0) is 15.3. The highest BCUT2D eigenvalue weighted by Crippen LogP contribution is 2.18. The van der Waals surface area contributed by atoms with Crippen LogP contribution in [-0.4, -0.2) is 39.0 Å². The Kier molecular flexibility index (Phi) is 5.75. The second-order valence-electron chi connectivity index (χ2n) is 5.55. The molecule has 1 aliphatic heterocycles. The van der Waals surface area contributed by atoms with Crippen molar-refractivity contribution >= 4 is 10.0 Å². The van der Waals surface area contributed by atoms with Crippen LogP contribution < -0.4 is 10.5 Å². The Morgan fingerprint density at radius 2 is 1.95 bits per heavy atom. The number of benzene rings is 1. The smallest absolute Gasteiger partial charge is 0.241 e. The molecule has 0 unspecified atom stereocenters. The number of nitrogens with two attached hydrogens (primary N) is 1. The van der Waals surface area contributed by atoms with Gasteiger partial charge in [0.2, 0.25) is 10.0 Å². The van der Waals surface area contributed by atoms with Crippen molar-refractivity contribution in [3.63, 3.8) is 0 Å². The Morgan fingerprint density at radius 3 is 2.57 bits per heavy atom. The van der Waals surface area contributed by atoms with E-state index in [4.69, 9.17) is 5.73 Å². The summed E-state index contributed by atoms with van der Waals surface area (Å²) in [6.45, 7) is 5.40. The van der Waals surface area contributed by atoms with Gasteiger partial charge in [-0.05, 0) is 50.5 Å². The highest BCUT2D eigenvalue weighted by molar-refractivity contribution is 7.89. The molecule has 6 heteroatoms. The summed E-state index contributed by atoms with van der Waals surface area (Å²) in [6, 6.07) is 6.95. The second kappa shape index (κ2) is 7.35. The lowest BCUT2D eigenvalue weighted by atomic mass is 10.1. The van der Waals surface area contributed by atoms with Crippen LogP contribution in [0.25, 0.3) is 0 Å². The average molecular weight is 311 g/mol. The van der Waals surface area contributed by atoms with E-state index in [2.05, 4.69) is 16.5 Å². The molecule has 2 rings (SSSR count). The molecule has 0 saturated carbocycles. The number of likely N-dealkylation sites (tertiary alicyclic amines) is 1. The quantitative estimate of drug-likeness (QED) is 0.830. The number of rotatable bonds is 6. The van der Waals surface area contributed by atoms with Crippen LogP contribution in [0, 0.1) is 0 Å². The highest BCUT2D eigenvalue weighted by atomic mass is 32.2. The van der Waals surface area contributed by atoms with Gasteiger partial charge in [0.1, 0.15) is 0 Å². The van der Waals surface area contributed by atoms with Crippen molar-refractivity contribution < 1.29 is 8.42 Å². The first-order chi connectivity index (χ1) is 10.1. The maximum atomic E-state index is 12.5. The maximum Gasteiger partial charge on any atom is 0.241 e. The lowest BCUT2D eigenvalue weighted by Gasteiger charge is -2.32. The molecular weight excluding hydrogens is 286 g/mol. The molecule has 118 valence electrons. The molecule has 0 radical (unpaired) electrons. The molecule has 5 nitrogen and oxygen atoms in total. The molecule has 3 N–H and O–H groups in total. The molecule has 0 aromatic heterocycles. The van der Waals surface area contributed by atoms with Gasteiger partial charge < -0.3 is 10.6 Å². The largest absolute Gasteiger partial charge is 0.326 e. The van der Waals surface area contributed by atoms with Gasteiger partial charge in [0.25, 0.3) is 0 Å². The lowest BCUT2D eigenvalue weighted by molar-refractivity contribution is 0.208. The van der Waals surface area contributed by atoms with Gasteiger partial charge in [0, 0.05) is 12.6 Å². The monoisotopic (exact) mass is 311 g/mol. The van der Waals surface area contributed by atoms with Crippen molar-refractivity contribution in [2.24, 2.45) is 5.73 Å². The summed E-state index contributed by atoms with van der Waals surface area (Å²) in [5, 5.41) is 0. The molecule has 1 aromatic rings. The van der Waals surface area contributed by atoms with E-state index in [0.29, 0.717) is 10.5 Å². The molecule has 1 fully saturated rings. The molecule has 0 bridgehead atoms. The zero-order valence-electron chi connectivity index (χ0n) is 12.6. The standard InChI is InChI=1S/C15H25N3O2S/c1-2-9-18-10-7-14(8-11-18)17-21(19,20)15-6-4-3-5-13(15)12-16/h3-6,14,17H,2,7-12,16H2,1H3. The van der Waals surface area contributed by atoms with Gasteiger partial charge in [0.05, 0.1) is 4.90 Å². The summed E-state index contributed by atoms with van der Waals surface area (Å²) < 4.78 is 27.9. The van der Waals surface area contributed by atoms with Crippen LogP contribution in [-0.2, 0) is 16.6 Å². The van der Waals surface area contributed by atoms with E-state index in [0.717, 1.165) is 38.9 Å². The first kappa shape index (κ1) is 16.4. The van der Waals surface area contributed by atoms with E-state index in [1.807, 2.05) is 6.07 Å². The number of hydrogen-bond donors (Lipinski definition) is 2. The minimum Gasteiger partial charge on any atom is -0.326 e. The van der Waals surface area contributed by atoms with E-state index in [1.165, 1.54) is 0 Å². The SMILES string of the molecule is CCCN1CCC(NS(=O)(=O)c2ccccc2CN)CC1. The van der Waals surface area contributed by atoms with Gasteiger partial charge in [-0.3, -0.25) is 0 Å². The summed E-state index contributed by atoms with van der Waals surface area (Å²) in [5.41, 5.74) is 6.29. The summed E-state index contributed by atoms with van der Waals surface area (Å²) in [5.74, 6) is 0. The average Bonchev–Trinajstić information content (AvgIpc) is 2.49. The summed E-state index contributed by atoms with van der Waals surface area (Å²) in [7, 11) is -3.48. The van der Waals surface area contributed by atoms with Crippen molar-refractivity contribution in [1.82, 2.24) is 9.62 Å². The predicted octanol–water partition coefficient (Wildman–Crippen LogP) is 1.30. The normalized spacial score (nSPS) is 18.0. The van der Waals surface area contributed by atoms with Gasteiger partial charge in [-0.15, -0.1) is 0 Å². The van der Waals surface area contributed by atoms with E-state index in [1.54, 1.807) is 18.2 Å². The third-order valence-corrected chi connectivity index (χ3v) is 5.55. The van der Waals surface area contributed by atoms with Gasteiger partial charge in [-0.2, -0.15) is 0 Å². The van der Waals surface area contributed by atoms with Crippen LogP contribution in [0.5, 0.6) is 0 Å². The Morgan fingerprint density at radius 1 is 1.29 bits per heavy atom. The van der Waals surface area contributed by atoms with Crippen LogP contribution in [0.2, 0.25) is 0 Å². The minimum atomic E-state index is -3.48. The summed E-state index contributed by atoms with van der Waals surface area (Å²) in [6.07, 6.45) is 2.87. The van der Waals surface area contributed by atoms with Crippen LogP contribution in [0.1, 0.15) is 31.7 Å². The molecule has 1 saturated heterocycles. The fourth-order valence-corrected chi connectivity index (χ4v) is 4.36. The summed E-state index contributed by atoms with van der Waals surface area (Å²) >= 11 is 0. The fourth-order valence-electron chi connectivity index (χ4n) is 2.81. The van der Waals surface area contributed by atoms with Crippen molar-refractivity contribution in [1.29, 1.82) is 0 Å². The van der Waals surface area contributed by atoms with Crippen LogP contribution in [0.15, 0.2) is 29.2 Å². The Labute approximate surface area is 127 Å². The number of nitrogens with zero attached hydrogens (tertiary/aromatic N) is 1. The molecule has 0 amide bonds. The van der Waals surface area contributed by atoms with Gasteiger partial charge >= 0.3 is 0 Å². The van der Waals surface area contributed by atoms with E-state index in [9.17, 15) is 8.42 Å². The molecular formula is C15H25N3O2S. The molecule has 1 aliphatic rings. The van der Waals surface area contributed by atoms with Crippen LogP contribution >= 0.6 is 0 Å². The predicted molar refractivity (Wildman–Crippen MR) is 84.4 cm³/mol. The maximum absolute atomic E-state index is 12.5. The molecule has 1 heterocycles. The fraction of sp³-hybridized carbons (Fsp3) is 0.600. The Balaban J connectivity index is 2.02. The highest BCUT2D eigenvalue weighted by Gasteiger charge is 2.25. The molecule has 0 spiro atoms. The Bertz CT molecular complexity index is 552. The number of piperidine rings is 1. The van der Waals surface area contributed by atoms with Crippen LogP contribution in [0.3, 0.4) is 0 Å². The lowest BCUT2D eigenvalue weighted by Crippen LogP contribution is -2.44. The third kappa shape index (κ3) is 4.26. The topological polar surface area (TPSA) is 75.4 Å². The molecule has 1 aromatic carbocycles. The zero-order valence-corrected chi connectivity index (χ0v) is 13.4. The van der Waals surface area contributed by atoms with Crippen molar-refractivity contribution in [3.8, 4) is 0 Å². The number of hydrogen-bond acceptors (Lipinski definition) is 4.